The van der Waals surface area contributed by atoms with Crippen LogP contribution in [0.3, 0.4) is 0 Å². The molecule has 0 heterocycles. The van der Waals surface area contributed by atoms with Gasteiger partial charge in [-0.2, -0.15) is 0 Å². The Kier molecular flexibility index (Phi) is 6.82. The highest BCUT2D eigenvalue weighted by Gasteiger charge is 2.07. The van der Waals surface area contributed by atoms with Crippen molar-refractivity contribution in [1.29, 1.82) is 0 Å². The fraction of sp³-hybridized carbons (Fsp3) is 0.0870. The molecule has 0 fully saturated rings. The molecule has 0 aliphatic rings. The summed E-state index contributed by atoms with van der Waals surface area (Å²) < 4.78 is 10.2. The number of hydrogen-bond donors (Lipinski definition) is 0. The topological polar surface area (TPSA) is 69.7 Å². The summed E-state index contributed by atoms with van der Waals surface area (Å²) in [7, 11) is 0. The van der Waals surface area contributed by atoms with Crippen molar-refractivity contribution in [3.05, 3.63) is 90.0 Å². The number of hydrogen-bond acceptors (Lipinski definition) is 5. The zero-order valence-corrected chi connectivity index (χ0v) is 15.7. The number of carbonyl (C=O) groups is 3. The molecule has 2 aromatic rings. The average molecular weight is 376 g/mol. The van der Waals surface area contributed by atoms with Gasteiger partial charge in [-0.15, -0.1) is 0 Å². The van der Waals surface area contributed by atoms with Crippen LogP contribution in [0.2, 0.25) is 0 Å². The van der Waals surface area contributed by atoms with Gasteiger partial charge in [-0.1, -0.05) is 31.4 Å². The molecular weight excluding hydrogens is 356 g/mol. The van der Waals surface area contributed by atoms with E-state index >= 15 is 0 Å². The highest BCUT2D eigenvalue weighted by Crippen LogP contribution is 2.16. The lowest BCUT2D eigenvalue weighted by Gasteiger charge is -2.04. The summed E-state index contributed by atoms with van der Waals surface area (Å²) in [5.74, 6) is -0.465. The lowest BCUT2D eigenvalue weighted by atomic mass is 10.1. The zero-order chi connectivity index (χ0) is 20.7. The van der Waals surface area contributed by atoms with Crippen molar-refractivity contribution >= 4 is 23.8 Å². The van der Waals surface area contributed by atoms with Crippen molar-refractivity contribution < 1.29 is 23.9 Å². The minimum atomic E-state index is -0.517. The summed E-state index contributed by atoms with van der Waals surface area (Å²) in [5, 5.41) is 0. The van der Waals surface area contributed by atoms with E-state index in [-0.39, 0.29) is 5.78 Å². The van der Waals surface area contributed by atoms with E-state index in [1.807, 2.05) is 0 Å². The van der Waals surface area contributed by atoms with Crippen LogP contribution in [0.1, 0.15) is 29.8 Å². The molecule has 2 rings (SSSR count). The molecule has 28 heavy (non-hydrogen) atoms. The summed E-state index contributed by atoms with van der Waals surface area (Å²) >= 11 is 0. The zero-order valence-electron chi connectivity index (χ0n) is 15.7. The molecular formula is C23H20O5. The summed E-state index contributed by atoms with van der Waals surface area (Å²) in [6, 6.07) is 13.0. The van der Waals surface area contributed by atoms with Crippen LogP contribution >= 0.6 is 0 Å². The number of ether oxygens (including phenoxy) is 2. The van der Waals surface area contributed by atoms with Gasteiger partial charge < -0.3 is 9.47 Å². The maximum atomic E-state index is 12.3. The normalized spacial score (nSPS) is 10.4. The SMILES string of the molecule is C=C(C)C(=O)Oc1ccc(C=CC(=O)c2ccc(OC(=O)C(=C)C)cc2)cc1. The highest BCUT2D eigenvalue weighted by molar-refractivity contribution is 6.06. The molecule has 5 heteroatoms. The summed E-state index contributed by atoms with van der Waals surface area (Å²) in [4.78, 5) is 35.2. The molecule has 0 unspecified atom stereocenters. The maximum Gasteiger partial charge on any atom is 0.338 e. The molecule has 2 aromatic carbocycles. The lowest BCUT2D eigenvalue weighted by Crippen LogP contribution is -2.08. The van der Waals surface area contributed by atoms with Gasteiger partial charge in [0.2, 0.25) is 0 Å². The van der Waals surface area contributed by atoms with E-state index in [4.69, 9.17) is 9.47 Å². The quantitative estimate of drug-likeness (QED) is 0.307. The van der Waals surface area contributed by atoms with Crippen molar-refractivity contribution in [1.82, 2.24) is 0 Å². The first-order valence-electron chi connectivity index (χ1n) is 8.44. The highest BCUT2D eigenvalue weighted by atomic mass is 16.5. The van der Waals surface area contributed by atoms with Crippen molar-refractivity contribution in [3.63, 3.8) is 0 Å². The van der Waals surface area contributed by atoms with Crippen molar-refractivity contribution in [2.24, 2.45) is 0 Å². The summed E-state index contributed by atoms with van der Waals surface area (Å²) in [6.45, 7) is 10.2. The molecule has 0 spiro atoms. The Labute approximate surface area is 163 Å². The fourth-order valence-corrected chi connectivity index (χ4v) is 1.99. The Hall–Kier alpha value is -3.73. The van der Waals surface area contributed by atoms with Crippen LogP contribution in [0.25, 0.3) is 6.08 Å². The summed E-state index contributed by atoms with van der Waals surface area (Å²) in [5.41, 5.74) is 1.84. The van der Waals surface area contributed by atoms with E-state index in [2.05, 4.69) is 13.2 Å². The molecule has 5 nitrogen and oxygen atoms in total. The maximum absolute atomic E-state index is 12.3. The molecule has 0 atom stereocenters. The van der Waals surface area contributed by atoms with Gasteiger partial charge >= 0.3 is 11.9 Å². The Balaban J connectivity index is 1.99. The minimum Gasteiger partial charge on any atom is -0.423 e. The van der Waals surface area contributed by atoms with E-state index in [1.165, 1.54) is 6.08 Å². The third-order valence-electron chi connectivity index (χ3n) is 3.56. The number of carbonyl (C=O) groups excluding carboxylic acids is 3. The first-order valence-corrected chi connectivity index (χ1v) is 8.44. The van der Waals surface area contributed by atoms with Crippen LogP contribution in [0, 0.1) is 0 Å². The van der Waals surface area contributed by atoms with Gasteiger partial charge in [0.25, 0.3) is 0 Å². The van der Waals surface area contributed by atoms with Crippen LogP contribution in [0.5, 0.6) is 11.5 Å². The number of allylic oxidation sites excluding steroid dienone is 1. The molecule has 0 saturated heterocycles. The Bertz CT molecular complexity index is 947. The number of esters is 2. The van der Waals surface area contributed by atoms with E-state index in [0.717, 1.165) is 5.56 Å². The lowest BCUT2D eigenvalue weighted by molar-refractivity contribution is -0.130. The molecule has 0 saturated carbocycles. The number of rotatable bonds is 7. The van der Waals surface area contributed by atoms with Crippen LogP contribution in [-0.2, 0) is 9.59 Å². The Morgan fingerprint density at radius 1 is 0.750 bits per heavy atom. The van der Waals surface area contributed by atoms with Crippen LogP contribution in [-0.4, -0.2) is 17.7 Å². The van der Waals surface area contributed by atoms with Crippen molar-refractivity contribution in [2.45, 2.75) is 13.8 Å². The standard InChI is InChI=1S/C23H20O5/c1-15(2)22(25)27-19-10-5-17(6-11-19)7-14-21(24)18-8-12-20(13-9-18)28-23(26)16(3)4/h5-14H,1,3H2,2,4H3. The van der Waals surface area contributed by atoms with Gasteiger partial charge in [0, 0.05) is 16.7 Å². The van der Waals surface area contributed by atoms with Crippen molar-refractivity contribution in [3.8, 4) is 11.5 Å². The Morgan fingerprint density at radius 3 is 1.61 bits per heavy atom. The van der Waals surface area contributed by atoms with E-state index in [9.17, 15) is 14.4 Å². The van der Waals surface area contributed by atoms with E-state index in [0.29, 0.717) is 28.2 Å². The van der Waals surface area contributed by atoms with Crippen LogP contribution < -0.4 is 9.47 Å². The van der Waals surface area contributed by atoms with Crippen molar-refractivity contribution in [2.75, 3.05) is 0 Å². The molecule has 0 bridgehead atoms. The van der Waals surface area contributed by atoms with Crippen LogP contribution in [0.4, 0.5) is 0 Å². The third kappa shape index (κ3) is 5.92. The van der Waals surface area contributed by atoms with Gasteiger partial charge in [0.1, 0.15) is 11.5 Å². The van der Waals surface area contributed by atoms with Crippen LogP contribution in [0.15, 0.2) is 78.9 Å². The smallest absolute Gasteiger partial charge is 0.338 e. The molecule has 0 N–H and O–H groups in total. The Morgan fingerprint density at radius 2 is 1.18 bits per heavy atom. The van der Waals surface area contributed by atoms with Gasteiger partial charge in [-0.25, -0.2) is 9.59 Å². The second kappa shape index (κ2) is 9.28. The molecule has 142 valence electrons. The second-order valence-corrected chi connectivity index (χ2v) is 6.13. The van der Waals surface area contributed by atoms with Gasteiger partial charge in [-0.05, 0) is 61.9 Å². The predicted molar refractivity (Wildman–Crippen MR) is 107 cm³/mol. The molecule has 0 radical (unpaired) electrons. The molecule has 0 aromatic heterocycles. The fourth-order valence-electron chi connectivity index (χ4n) is 1.99. The largest absolute Gasteiger partial charge is 0.423 e. The van der Waals surface area contributed by atoms with Gasteiger partial charge in [-0.3, -0.25) is 4.79 Å². The first kappa shape index (κ1) is 20.6. The monoisotopic (exact) mass is 376 g/mol. The minimum absolute atomic E-state index is 0.199. The average Bonchev–Trinajstić information content (AvgIpc) is 2.67. The predicted octanol–water partition coefficient (Wildman–Crippen LogP) is 4.55. The van der Waals surface area contributed by atoms with Gasteiger partial charge in [0.15, 0.2) is 5.78 Å². The second-order valence-electron chi connectivity index (χ2n) is 6.13. The van der Waals surface area contributed by atoms with E-state index in [1.54, 1.807) is 68.5 Å². The van der Waals surface area contributed by atoms with E-state index < -0.39 is 11.9 Å². The molecule has 0 amide bonds. The number of benzene rings is 2. The summed E-state index contributed by atoms with van der Waals surface area (Å²) in [6.07, 6.45) is 3.09. The first-order chi connectivity index (χ1) is 13.3. The third-order valence-corrected chi connectivity index (χ3v) is 3.56. The molecule has 0 aliphatic carbocycles. The van der Waals surface area contributed by atoms with Gasteiger partial charge in [0.05, 0.1) is 0 Å². The number of ketones is 1. The molecule has 0 aliphatic heterocycles.